The molecule has 140 valence electrons. The molecule has 3 aliphatic rings. The summed E-state index contributed by atoms with van der Waals surface area (Å²) in [6.07, 6.45) is 6.99. The Labute approximate surface area is 146 Å². The second-order valence-corrected chi connectivity index (χ2v) is 7.19. The van der Waals surface area contributed by atoms with Crippen molar-refractivity contribution in [2.45, 2.75) is 71.9 Å². The van der Waals surface area contributed by atoms with Gasteiger partial charge in [0.2, 0.25) is 0 Å². The average molecular weight is 329 g/mol. The van der Waals surface area contributed by atoms with Crippen molar-refractivity contribution in [3.8, 4) is 0 Å². The van der Waals surface area contributed by atoms with Gasteiger partial charge in [0.15, 0.2) is 0 Å². The van der Waals surface area contributed by atoms with E-state index in [1.807, 2.05) is 13.8 Å². The summed E-state index contributed by atoms with van der Waals surface area (Å²) in [7, 11) is 0. The van der Waals surface area contributed by atoms with Gasteiger partial charge in [-0.3, -0.25) is 0 Å². The fourth-order valence-corrected chi connectivity index (χ4v) is 3.37. The molecule has 0 radical (unpaired) electrons. The van der Waals surface area contributed by atoms with E-state index in [1.54, 1.807) is 0 Å². The maximum Gasteiger partial charge on any atom is 0.0107 e. The SMILES string of the molecule is C1CC(CN2CCNCC2)CCN1.CC.CC(C)NC1CCC1.[HH]. The number of rotatable bonds is 4. The zero-order valence-electron chi connectivity index (χ0n) is 16.2. The molecule has 3 rings (SSSR count). The van der Waals surface area contributed by atoms with E-state index in [0.29, 0.717) is 6.04 Å². The van der Waals surface area contributed by atoms with Gasteiger partial charge >= 0.3 is 0 Å². The number of hydrogen-bond donors (Lipinski definition) is 3. The van der Waals surface area contributed by atoms with E-state index in [1.165, 1.54) is 77.9 Å². The van der Waals surface area contributed by atoms with Crippen LogP contribution in [0.2, 0.25) is 0 Å². The summed E-state index contributed by atoms with van der Waals surface area (Å²) in [6.45, 7) is 17.1. The predicted molar refractivity (Wildman–Crippen MR) is 104 cm³/mol. The molecular weight excluding hydrogens is 284 g/mol. The first-order chi connectivity index (χ1) is 11.2. The maximum atomic E-state index is 3.48. The molecule has 0 bridgehead atoms. The lowest BCUT2D eigenvalue weighted by Gasteiger charge is -2.32. The molecule has 0 aromatic heterocycles. The van der Waals surface area contributed by atoms with Crippen molar-refractivity contribution in [2.24, 2.45) is 5.92 Å². The molecular formula is C19H44N4. The van der Waals surface area contributed by atoms with Crippen LogP contribution in [0.1, 0.15) is 61.2 Å². The number of nitrogens with zero attached hydrogens (tertiary/aromatic N) is 1. The molecule has 2 heterocycles. The number of nitrogens with one attached hydrogen (secondary N) is 3. The molecule has 0 aromatic carbocycles. The number of piperazine rings is 1. The fourth-order valence-electron chi connectivity index (χ4n) is 3.37. The van der Waals surface area contributed by atoms with Crippen molar-refractivity contribution in [1.29, 1.82) is 0 Å². The van der Waals surface area contributed by atoms with Crippen LogP contribution < -0.4 is 16.0 Å². The first kappa shape index (κ1) is 20.9. The van der Waals surface area contributed by atoms with Crippen molar-refractivity contribution in [1.82, 2.24) is 20.9 Å². The minimum atomic E-state index is 0. The summed E-state index contributed by atoms with van der Waals surface area (Å²) < 4.78 is 0. The molecule has 1 saturated carbocycles. The van der Waals surface area contributed by atoms with E-state index in [-0.39, 0.29) is 1.43 Å². The first-order valence-corrected chi connectivity index (χ1v) is 10.1. The summed E-state index contributed by atoms with van der Waals surface area (Å²) in [6, 6.07) is 1.54. The monoisotopic (exact) mass is 328 g/mol. The van der Waals surface area contributed by atoms with Crippen molar-refractivity contribution in [3.05, 3.63) is 0 Å². The molecule has 0 atom stereocenters. The quantitative estimate of drug-likeness (QED) is 0.742. The molecule has 2 saturated heterocycles. The molecule has 4 heteroatoms. The van der Waals surface area contributed by atoms with Crippen LogP contribution in [0.5, 0.6) is 0 Å². The standard InChI is InChI=1S/C10H21N3.C7H15N.C2H6.H2/c1-3-11-4-2-10(1)9-13-7-5-12-6-8-13;1-6(2)8-7-4-3-5-7;1-2;/h10-12H,1-9H2;6-8H,3-5H2,1-2H3;1-2H3;1H. The third-order valence-electron chi connectivity index (χ3n) is 4.86. The smallest absolute Gasteiger partial charge is 0.0107 e. The fraction of sp³-hybridized carbons (Fsp3) is 1.00. The van der Waals surface area contributed by atoms with E-state index in [0.717, 1.165) is 12.0 Å². The van der Waals surface area contributed by atoms with Crippen LogP contribution in [0.15, 0.2) is 0 Å². The Kier molecular flexibility index (Phi) is 12.0. The van der Waals surface area contributed by atoms with Crippen molar-refractivity contribution >= 4 is 0 Å². The third kappa shape index (κ3) is 9.65. The van der Waals surface area contributed by atoms with Gasteiger partial charge in [-0.05, 0) is 44.7 Å². The van der Waals surface area contributed by atoms with Gasteiger partial charge in [0, 0.05) is 46.2 Å². The molecule has 1 aliphatic carbocycles. The van der Waals surface area contributed by atoms with Gasteiger partial charge in [0.25, 0.3) is 0 Å². The van der Waals surface area contributed by atoms with Crippen LogP contribution in [0.25, 0.3) is 0 Å². The van der Waals surface area contributed by atoms with Gasteiger partial charge < -0.3 is 20.9 Å². The molecule has 0 unspecified atom stereocenters. The summed E-state index contributed by atoms with van der Waals surface area (Å²) in [5.41, 5.74) is 0. The van der Waals surface area contributed by atoms with E-state index in [4.69, 9.17) is 0 Å². The van der Waals surface area contributed by atoms with Crippen LogP contribution in [0.3, 0.4) is 0 Å². The predicted octanol–water partition coefficient (Wildman–Crippen LogP) is 2.70. The summed E-state index contributed by atoms with van der Waals surface area (Å²) in [5, 5.41) is 10.3. The van der Waals surface area contributed by atoms with Crippen LogP contribution in [0.4, 0.5) is 0 Å². The van der Waals surface area contributed by atoms with Crippen molar-refractivity contribution in [3.63, 3.8) is 0 Å². The zero-order chi connectivity index (χ0) is 16.9. The molecule has 0 amide bonds. The summed E-state index contributed by atoms with van der Waals surface area (Å²) >= 11 is 0. The van der Waals surface area contributed by atoms with Crippen LogP contribution in [0, 0.1) is 5.92 Å². The van der Waals surface area contributed by atoms with Gasteiger partial charge in [-0.15, -0.1) is 0 Å². The molecule has 3 N–H and O–H groups in total. The van der Waals surface area contributed by atoms with Gasteiger partial charge in [-0.1, -0.05) is 34.1 Å². The maximum absolute atomic E-state index is 3.48. The summed E-state index contributed by atoms with van der Waals surface area (Å²) in [4.78, 5) is 2.62. The minimum Gasteiger partial charge on any atom is -0.317 e. The van der Waals surface area contributed by atoms with Crippen molar-refractivity contribution in [2.75, 3.05) is 45.8 Å². The highest BCUT2D eigenvalue weighted by Gasteiger charge is 2.18. The molecule has 3 fully saturated rings. The van der Waals surface area contributed by atoms with Gasteiger partial charge in [-0.2, -0.15) is 0 Å². The highest BCUT2D eigenvalue weighted by Crippen LogP contribution is 2.18. The Morgan fingerprint density at radius 2 is 1.52 bits per heavy atom. The highest BCUT2D eigenvalue weighted by atomic mass is 15.2. The van der Waals surface area contributed by atoms with Crippen LogP contribution in [-0.4, -0.2) is 62.8 Å². The molecule has 0 aromatic rings. The lowest BCUT2D eigenvalue weighted by Crippen LogP contribution is -2.46. The minimum absolute atomic E-state index is 0. The summed E-state index contributed by atoms with van der Waals surface area (Å²) in [5.74, 6) is 0.958. The largest absolute Gasteiger partial charge is 0.317 e. The van der Waals surface area contributed by atoms with Gasteiger partial charge in [0.05, 0.1) is 0 Å². The molecule has 0 spiro atoms. The average Bonchev–Trinajstić information content (AvgIpc) is 2.55. The molecule has 4 nitrogen and oxygen atoms in total. The van der Waals surface area contributed by atoms with Crippen LogP contribution >= 0.6 is 0 Å². The second kappa shape index (κ2) is 13.2. The van der Waals surface area contributed by atoms with Gasteiger partial charge in [0.1, 0.15) is 0 Å². The Morgan fingerprint density at radius 1 is 0.957 bits per heavy atom. The second-order valence-electron chi connectivity index (χ2n) is 7.19. The lowest BCUT2D eigenvalue weighted by molar-refractivity contribution is 0.186. The van der Waals surface area contributed by atoms with E-state index in [2.05, 4.69) is 34.7 Å². The lowest BCUT2D eigenvalue weighted by atomic mass is 9.93. The molecule has 2 aliphatic heterocycles. The highest BCUT2D eigenvalue weighted by molar-refractivity contribution is 4.77. The number of hydrogen-bond acceptors (Lipinski definition) is 4. The zero-order valence-corrected chi connectivity index (χ0v) is 16.2. The Bertz CT molecular complexity index is 244. The normalized spacial score (nSPS) is 23.3. The number of piperidine rings is 1. The van der Waals surface area contributed by atoms with E-state index < -0.39 is 0 Å². The van der Waals surface area contributed by atoms with Crippen LogP contribution in [-0.2, 0) is 0 Å². The van der Waals surface area contributed by atoms with Gasteiger partial charge in [-0.25, -0.2) is 0 Å². The third-order valence-corrected chi connectivity index (χ3v) is 4.86. The van der Waals surface area contributed by atoms with Crippen molar-refractivity contribution < 1.29 is 1.43 Å². The topological polar surface area (TPSA) is 39.3 Å². The Balaban J connectivity index is 0.000000418. The molecule has 23 heavy (non-hydrogen) atoms. The Hall–Kier alpha value is -0.160. The Morgan fingerprint density at radius 3 is 1.96 bits per heavy atom. The first-order valence-electron chi connectivity index (χ1n) is 10.1. The van der Waals surface area contributed by atoms with E-state index in [9.17, 15) is 0 Å². The van der Waals surface area contributed by atoms with E-state index >= 15 is 0 Å².